The Kier molecular flexibility index (Phi) is 6.58. The van der Waals surface area contributed by atoms with Gasteiger partial charge >= 0.3 is 10.2 Å². The lowest BCUT2D eigenvalue weighted by Gasteiger charge is -2.39. The average molecular weight is 492 g/mol. The highest BCUT2D eigenvalue weighted by atomic mass is 32.2. The zero-order valence-electron chi connectivity index (χ0n) is 19.8. The molecule has 9 nitrogen and oxygen atoms in total. The summed E-state index contributed by atoms with van der Waals surface area (Å²) in [5, 5.41) is 12.8. The number of hydrogen-bond acceptors (Lipinski definition) is 7. The third kappa shape index (κ3) is 4.88. The molecule has 1 amide bonds. The minimum atomic E-state index is -4.10. The molecule has 1 aliphatic rings. The third-order valence-corrected chi connectivity index (χ3v) is 7.02. The van der Waals surface area contributed by atoms with Crippen molar-refractivity contribution < 1.29 is 18.3 Å². The van der Waals surface area contributed by atoms with Crippen LogP contribution in [0.3, 0.4) is 0 Å². The van der Waals surface area contributed by atoms with Crippen molar-refractivity contribution in [2.45, 2.75) is 26.8 Å². The highest BCUT2D eigenvalue weighted by Gasteiger charge is 2.39. The van der Waals surface area contributed by atoms with Crippen LogP contribution >= 0.6 is 11.3 Å². The number of carbonyl (C=O) groups excluding carboxylic acids is 1. The molecule has 1 aromatic carbocycles. The zero-order valence-corrected chi connectivity index (χ0v) is 21.4. The molecule has 0 aliphatic carbocycles. The fourth-order valence-electron chi connectivity index (χ4n) is 3.85. The van der Waals surface area contributed by atoms with E-state index in [0.717, 1.165) is 4.88 Å². The molecule has 3 rings (SSSR count). The first-order valence-electron chi connectivity index (χ1n) is 10.2. The van der Waals surface area contributed by atoms with E-state index in [9.17, 15) is 18.3 Å². The Morgan fingerprint density at radius 3 is 2.21 bits per heavy atom. The number of anilines is 1. The van der Waals surface area contributed by atoms with Crippen molar-refractivity contribution in [3.8, 4) is 5.75 Å². The fourth-order valence-corrected chi connectivity index (χ4v) is 5.86. The lowest BCUT2D eigenvalue weighted by molar-refractivity contribution is 0.0824. The van der Waals surface area contributed by atoms with Crippen LogP contribution in [0, 0.1) is 5.41 Å². The molecule has 1 atom stereocenters. The van der Waals surface area contributed by atoms with Crippen LogP contribution in [0.2, 0.25) is 0 Å². The van der Waals surface area contributed by atoms with Crippen LogP contribution in [-0.4, -0.2) is 69.1 Å². The number of amidine groups is 2. The van der Waals surface area contributed by atoms with Gasteiger partial charge in [-0.3, -0.25) is 4.79 Å². The van der Waals surface area contributed by atoms with Gasteiger partial charge in [-0.15, -0.1) is 20.1 Å². The number of thiophene rings is 1. The summed E-state index contributed by atoms with van der Waals surface area (Å²) in [7, 11) is 2.43. The summed E-state index contributed by atoms with van der Waals surface area (Å²) in [4.78, 5) is 18.1. The summed E-state index contributed by atoms with van der Waals surface area (Å²) < 4.78 is 32.7. The van der Waals surface area contributed by atoms with E-state index in [1.54, 1.807) is 56.6 Å². The van der Waals surface area contributed by atoms with Gasteiger partial charge in [-0.1, -0.05) is 32.9 Å². The first-order valence-corrected chi connectivity index (χ1v) is 12.5. The van der Waals surface area contributed by atoms with E-state index >= 15 is 0 Å². The molecule has 0 unspecified atom stereocenters. The number of aromatic hydroxyl groups is 1. The second-order valence-electron chi connectivity index (χ2n) is 9.10. The fraction of sp³-hybridized carbons (Fsp3) is 0.409. The number of nitrogens with zero attached hydrogens (tertiary/aromatic N) is 5. The molecule has 0 fully saturated rings. The zero-order chi connectivity index (χ0) is 24.7. The van der Waals surface area contributed by atoms with E-state index in [-0.39, 0.29) is 46.0 Å². The first kappa shape index (κ1) is 24.7. The summed E-state index contributed by atoms with van der Waals surface area (Å²) in [5.74, 6) is -0.416. The number of benzene rings is 1. The van der Waals surface area contributed by atoms with E-state index in [2.05, 4.69) is 29.6 Å². The molecule has 0 radical (unpaired) electrons. The molecule has 0 bridgehead atoms. The Morgan fingerprint density at radius 2 is 1.67 bits per heavy atom. The molecule has 33 heavy (non-hydrogen) atoms. The van der Waals surface area contributed by atoms with Gasteiger partial charge in [-0.25, -0.2) is 0 Å². The average Bonchev–Trinajstić information content (AvgIpc) is 3.33. The molecule has 0 saturated carbocycles. The predicted molar refractivity (Wildman–Crippen MR) is 133 cm³/mol. The summed E-state index contributed by atoms with van der Waals surface area (Å²) >= 11 is 1.58. The second-order valence-corrected chi connectivity index (χ2v) is 11.3. The molecule has 0 saturated heterocycles. The van der Waals surface area contributed by atoms with Gasteiger partial charge in [0.2, 0.25) is 0 Å². The topological polar surface area (TPSA) is 106 Å². The molecule has 1 N–H and O–H groups in total. The van der Waals surface area contributed by atoms with Gasteiger partial charge in [0.15, 0.2) is 17.4 Å². The normalized spacial score (nSPS) is 16.1. The minimum Gasteiger partial charge on any atom is -0.505 e. The van der Waals surface area contributed by atoms with Gasteiger partial charge in [-0.05, 0) is 29.0 Å². The van der Waals surface area contributed by atoms with Crippen LogP contribution < -0.4 is 4.90 Å². The Labute approximate surface area is 198 Å². The van der Waals surface area contributed by atoms with Crippen LogP contribution in [0.15, 0.2) is 44.5 Å². The highest BCUT2D eigenvalue weighted by Crippen LogP contribution is 2.41. The van der Waals surface area contributed by atoms with Gasteiger partial charge in [0.1, 0.15) is 0 Å². The number of hydrogen-bond donors (Lipinski definition) is 1. The number of phenolic OH excluding ortho intramolecular Hbond substituents is 1. The van der Waals surface area contributed by atoms with Crippen LogP contribution in [0.25, 0.3) is 0 Å². The van der Waals surface area contributed by atoms with E-state index in [1.165, 1.54) is 15.9 Å². The lowest BCUT2D eigenvalue weighted by Crippen LogP contribution is -2.45. The number of para-hydroxylation sites is 1. The molecule has 1 aliphatic heterocycles. The summed E-state index contributed by atoms with van der Waals surface area (Å²) in [6.07, 6.45) is 0. The molecule has 178 valence electrons. The van der Waals surface area contributed by atoms with Gasteiger partial charge in [0.05, 0.1) is 17.3 Å². The van der Waals surface area contributed by atoms with Gasteiger partial charge in [-0.2, -0.15) is 8.42 Å². The van der Waals surface area contributed by atoms with Gasteiger partial charge in [0.25, 0.3) is 5.91 Å². The monoisotopic (exact) mass is 491 g/mol. The first-order chi connectivity index (χ1) is 15.2. The molecule has 2 aromatic rings. The number of rotatable bonds is 4. The molecular weight excluding hydrogens is 462 g/mol. The molecule has 11 heteroatoms. The van der Waals surface area contributed by atoms with E-state index < -0.39 is 10.2 Å². The van der Waals surface area contributed by atoms with Crippen molar-refractivity contribution in [3.05, 3.63) is 46.2 Å². The highest BCUT2D eigenvalue weighted by molar-refractivity contribution is 7.89. The molecule has 2 heterocycles. The summed E-state index contributed by atoms with van der Waals surface area (Å²) in [6, 6.07) is 8.49. The maximum atomic E-state index is 12.5. The van der Waals surface area contributed by atoms with Crippen molar-refractivity contribution in [2.24, 2.45) is 14.2 Å². The van der Waals surface area contributed by atoms with Crippen LogP contribution in [0.5, 0.6) is 5.75 Å². The standard InChI is InChI=1S/C22H29N5O4S2/c1-22(2,3)18(16-12-9-13-32-16)27(7)20-19(23-33(30,31)24-20)26(6)15-11-8-10-14(17(15)28)21(29)25(4)5/h8-13,18,28H,1-7H3/t18-/m0/s1. The van der Waals surface area contributed by atoms with E-state index in [0.29, 0.717) is 0 Å². The maximum absolute atomic E-state index is 12.5. The van der Waals surface area contributed by atoms with Crippen molar-refractivity contribution >= 4 is 44.8 Å². The third-order valence-electron chi connectivity index (χ3n) is 5.29. The maximum Gasteiger partial charge on any atom is 0.367 e. The molecule has 1 aromatic heterocycles. The Balaban J connectivity index is 2.08. The number of likely N-dealkylation sites (N-methyl/N-ethyl adjacent to an activating group) is 2. The number of carbonyl (C=O) groups is 1. The summed E-state index contributed by atoms with van der Waals surface area (Å²) in [5.41, 5.74) is 0.0881. The van der Waals surface area contributed by atoms with Crippen LogP contribution in [0.1, 0.15) is 42.0 Å². The van der Waals surface area contributed by atoms with Crippen LogP contribution in [0.4, 0.5) is 5.69 Å². The number of amides is 1. The van der Waals surface area contributed by atoms with E-state index in [1.807, 2.05) is 17.5 Å². The van der Waals surface area contributed by atoms with E-state index in [4.69, 9.17) is 0 Å². The van der Waals surface area contributed by atoms with Crippen molar-refractivity contribution in [1.29, 1.82) is 0 Å². The Bertz CT molecular complexity index is 1210. The summed E-state index contributed by atoms with van der Waals surface area (Å²) in [6.45, 7) is 6.21. The van der Waals surface area contributed by atoms with Crippen molar-refractivity contribution in [1.82, 2.24) is 9.80 Å². The van der Waals surface area contributed by atoms with Crippen molar-refractivity contribution in [2.75, 3.05) is 33.1 Å². The van der Waals surface area contributed by atoms with Crippen molar-refractivity contribution in [3.63, 3.8) is 0 Å². The smallest absolute Gasteiger partial charge is 0.367 e. The minimum absolute atomic E-state index is 0.0630. The molecule has 0 spiro atoms. The largest absolute Gasteiger partial charge is 0.505 e. The quantitative estimate of drug-likeness (QED) is 0.703. The van der Waals surface area contributed by atoms with Gasteiger partial charge < -0.3 is 19.8 Å². The Morgan fingerprint density at radius 1 is 1.03 bits per heavy atom. The van der Waals surface area contributed by atoms with Crippen LogP contribution in [-0.2, 0) is 10.2 Å². The Hall–Kier alpha value is -2.92. The number of phenols is 1. The SMILES string of the molecule is CN(C)C(=O)c1cccc(N(C)C2=NS(=O)(=O)N=C2N(C)[C@@H](c2cccs2)C(C)(C)C)c1O. The second kappa shape index (κ2) is 8.79. The lowest BCUT2D eigenvalue weighted by atomic mass is 9.84. The predicted octanol–water partition coefficient (Wildman–Crippen LogP) is 3.37. The van der Waals surface area contributed by atoms with Gasteiger partial charge in [0, 0.05) is 33.1 Å². The molecular formula is C22H29N5O4S2.